The van der Waals surface area contributed by atoms with E-state index < -0.39 is 28.7 Å². The predicted octanol–water partition coefficient (Wildman–Crippen LogP) is 6.10. The number of ether oxygens (including phenoxy) is 2. The highest BCUT2D eigenvalue weighted by atomic mass is 32.2. The zero-order valence-electron chi connectivity index (χ0n) is 23.3. The Balaban J connectivity index is 1.62. The highest BCUT2D eigenvalue weighted by Gasteiger charge is 2.30. The molecule has 4 aromatic rings. The van der Waals surface area contributed by atoms with Crippen molar-refractivity contribution in [3.8, 4) is 17.2 Å². The molecule has 0 aliphatic heterocycles. The van der Waals surface area contributed by atoms with Gasteiger partial charge in [0.15, 0.2) is 22.7 Å². The number of hydrogen-bond acceptors (Lipinski definition) is 5. The second-order valence-electron chi connectivity index (χ2n) is 9.87. The topological polar surface area (TPSA) is 101 Å². The molecule has 4 rings (SSSR count). The minimum atomic E-state index is -0.763. The molecular weight excluding hydrogens is 570 g/mol. The largest absolute Gasteiger partial charge is 0.494 e. The maximum atomic E-state index is 15.0. The summed E-state index contributed by atoms with van der Waals surface area (Å²) >= 11 is 1.12. The average Bonchev–Trinajstić information content (AvgIpc) is 3.37. The Morgan fingerprint density at radius 1 is 0.976 bits per heavy atom. The van der Waals surface area contributed by atoms with Crippen molar-refractivity contribution in [2.75, 3.05) is 20.3 Å². The number of aromatic nitrogens is 2. The Labute approximate surface area is 245 Å². The molecule has 0 radical (unpaired) electrons. The molecule has 0 spiro atoms. The zero-order chi connectivity index (χ0) is 30.4. The van der Waals surface area contributed by atoms with Crippen LogP contribution in [-0.4, -0.2) is 35.8 Å². The summed E-state index contributed by atoms with van der Waals surface area (Å²) in [6.07, 6.45) is 2.11. The standard InChI is InChI=1S/C30H31F4N5O2S/c1-30(2,18-5-10-23(32)26(13-18)40-3)27-16-38-29(39(27)20-8-6-19(31)7-9-20)42-17-22-24(33)14-21(15-25(22)34)41-12-4-11-37-28(35)36/h5-10,13-16H,4,11-12,17H2,1-3H3,(H4,35,36,37). The van der Waals surface area contributed by atoms with Gasteiger partial charge in [-0.3, -0.25) is 9.56 Å². The second-order valence-corrected chi connectivity index (χ2v) is 10.8. The normalized spacial score (nSPS) is 11.4. The van der Waals surface area contributed by atoms with Gasteiger partial charge in [0.25, 0.3) is 0 Å². The van der Waals surface area contributed by atoms with Crippen molar-refractivity contribution < 1.29 is 27.0 Å². The first-order chi connectivity index (χ1) is 20.0. The van der Waals surface area contributed by atoms with E-state index in [9.17, 15) is 17.6 Å². The molecule has 0 amide bonds. The Bertz CT molecular complexity index is 1550. The van der Waals surface area contributed by atoms with Gasteiger partial charge in [-0.1, -0.05) is 31.7 Å². The molecule has 222 valence electrons. The van der Waals surface area contributed by atoms with E-state index in [0.29, 0.717) is 29.5 Å². The highest BCUT2D eigenvalue weighted by Crippen LogP contribution is 2.38. The maximum absolute atomic E-state index is 15.0. The van der Waals surface area contributed by atoms with E-state index in [2.05, 4.69) is 9.98 Å². The number of rotatable bonds is 12. The molecule has 0 aliphatic rings. The molecule has 42 heavy (non-hydrogen) atoms. The summed E-state index contributed by atoms with van der Waals surface area (Å²) in [5.41, 5.74) is 11.7. The van der Waals surface area contributed by atoms with Crippen LogP contribution in [0.2, 0.25) is 0 Å². The van der Waals surface area contributed by atoms with Gasteiger partial charge < -0.3 is 20.9 Å². The van der Waals surface area contributed by atoms with E-state index in [-0.39, 0.29) is 35.4 Å². The van der Waals surface area contributed by atoms with Crippen LogP contribution in [0, 0.1) is 23.3 Å². The molecule has 0 bridgehead atoms. The van der Waals surface area contributed by atoms with Crippen LogP contribution in [0.25, 0.3) is 5.69 Å². The van der Waals surface area contributed by atoms with Gasteiger partial charge in [0.2, 0.25) is 0 Å². The highest BCUT2D eigenvalue weighted by molar-refractivity contribution is 7.98. The summed E-state index contributed by atoms with van der Waals surface area (Å²) in [6, 6.07) is 12.7. The molecule has 1 aromatic heterocycles. The summed E-state index contributed by atoms with van der Waals surface area (Å²) in [7, 11) is 1.39. The number of imidazole rings is 1. The molecule has 0 fully saturated rings. The number of hydrogen-bond donors (Lipinski definition) is 2. The van der Waals surface area contributed by atoms with Crippen LogP contribution in [0.3, 0.4) is 0 Å². The number of guanidine groups is 1. The van der Waals surface area contributed by atoms with Gasteiger partial charge in [-0.25, -0.2) is 22.5 Å². The lowest BCUT2D eigenvalue weighted by atomic mass is 9.81. The lowest BCUT2D eigenvalue weighted by molar-refractivity contribution is 0.309. The van der Waals surface area contributed by atoms with Crippen LogP contribution in [-0.2, 0) is 11.2 Å². The number of aliphatic imine (C=N–C) groups is 1. The van der Waals surface area contributed by atoms with Gasteiger partial charge in [0.1, 0.15) is 23.2 Å². The minimum Gasteiger partial charge on any atom is -0.494 e. The van der Waals surface area contributed by atoms with Crippen LogP contribution in [0.1, 0.15) is 37.1 Å². The third kappa shape index (κ3) is 6.99. The molecule has 3 aromatic carbocycles. The van der Waals surface area contributed by atoms with Crippen molar-refractivity contribution in [1.29, 1.82) is 0 Å². The number of nitrogens with two attached hydrogens (primary N) is 2. The Morgan fingerprint density at radius 3 is 2.31 bits per heavy atom. The fourth-order valence-electron chi connectivity index (χ4n) is 4.31. The van der Waals surface area contributed by atoms with Crippen molar-refractivity contribution >= 4 is 17.7 Å². The van der Waals surface area contributed by atoms with Crippen molar-refractivity contribution in [2.45, 2.75) is 36.6 Å². The Morgan fingerprint density at radius 2 is 1.67 bits per heavy atom. The number of halogens is 4. The minimum absolute atomic E-state index is 0.0413. The third-order valence-corrected chi connectivity index (χ3v) is 7.63. The number of nitrogens with zero attached hydrogens (tertiary/aromatic N) is 3. The lowest BCUT2D eigenvalue weighted by Crippen LogP contribution is -2.23. The Kier molecular flexibility index (Phi) is 9.66. The number of thioether (sulfide) groups is 1. The fourth-order valence-corrected chi connectivity index (χ4v) is 5.32. The van der Waals surface area contributed by atoms with Gasteiger partial charge in [-0.15, -0.1) is 0 Å². The lowest BCUT2D eigenvalue weighted by Gasteiger charge is -2.28. The first kappa shape index (κ1) is 30.8. The van der Waals surface area contributed by atoms with Crippen LogP contribution in [0.5, 0.6) is 11.5 Å². The molecule has 4 N–H and O–H groups in total. The van der Waals surface area contributed by atoms with E-state index in [0.717, 1.165) is 29.5 Å². The van der Waals surface area contributed by atoms with E-state index in [1.807, 2.05) is 13.8 Å². The van der Waals surface area contributed by atoms with Gasteiger partial charge in [-0.05, 0) is 42.0 Å². The first-order valence-corrected chi connectivity index (χ1v) is 14.0. The first-order valence-electron chi connectivity index (χ1n) is 13.0. The number of benzene rings is 3. The van der Waals surface area contributed by atoms with Crippen LogP contribution in [0.4, 0.5) is 17.6 Å². The van der Waals surface area contributed by atoms with E-state index in [1.54, 1.807) is 35.0 Å². The molecule has 0 saturated carbocycles. The summed E-state index contributed by atoms with van der Waals surface area (Å²) in [4.78, 5) is 8.39. The summed E-state index contributed by atoms with van der Waals surface area (Å²) in [5.74, 6) is -2.41. The van der Waals surface area contributed by atoms with Crippen molar-refractivity contribution in [2.24, 2.45) is 16.5 Å². The summed E-state index contributed by atoms with van der Waals surface area (Å²) in [5, 5.41) is 0.428. The fraction of sp³-hybridized carbons (Fsp3) is 0.267. The van der Waals surface area contributed by atoms with Crippen LogP contribution in [0.15, 0.2) is 70.9 Å². The second kappa shape index (κ2) is 13.2. The average molecular weight is 602 g/mol. The summed E-state index contributed by atoms with van der Waals surface area (Å²) in [6.45, 7) is 4.37. The van der Waals surface area contributed by atoms with Gasteiger partial charge in [0, 0.05) is 47.5 Å². The van der Waals surface area contributed by atoms with E-state index >= 15 is 0 Å². The molecule has 7 nitrogen and oxygen atoms in total. The summed E-state index contributed by atoms with van der Waals surface area (Å²) < 4.78 is 70.3. The SMILES string of the molecule is COc1cc(C(C)(C)c2cnc(SCc3c(F)cc(OCCCN=C(N)N)cc3F)n2-c2ccc(F)cc2)ccc1F. The zero-order valence-corrected chi connectivity index (χ0v) is 24.2. The predicted molar refractivity (Wildman–Crippen MR) is 155 cm³/mol. The molecule has 12 heteroatoms. The molecule has 1 heterocycles. The number of methoxy groups -OCH3 is 1. The molecule has 0 aliphatic carbocycles. The monoisotopic (exact) mass is 601 g/mol. The molecule has 0 saturated heterocycles. The molecular formula is C30H31F4N5O2S. The van der Waals surface area contributed by atoms with Crippen molar-refractivity contribution in [3.05, 3.63) is 101 Å². The molecule has 0 unspecified atom stereocenters. The van der Waals surface area contributed by atoms with E-state index in [4.69, 9.17) is 20.9 Å². The van der Waals surface area contributed by atoms with E-state index in [1.165, 1.54) is 25.3 Å². The van der Waals surface area contributed by atoms with Crippen LogP contribution < -0.4 is 20.9 Å². The smallest absolute Gasteiger partial charge is 0.185 e. The quantitative estimate of drug-likeness (QED) is 0.0670. The van der Waals surface area contributed by atoms with Gasteiger partial charge >= 0.3 is 0 Å². The van der Waals surface area contributed by atoms with Crippen LogP contribution >= 0.6 is 11.8 Å². The maximum Gasteiger partial charge on any atom is 0.185 e. The van der Waals surface area contributed by atoms with Crippen molar-refractivity contribution in [3.63, 3.8) is 0 Å². The third-order valence-electron chi connectivity index (χ3n) is 6.65. The van der Waals surface area contributed by atoms with Crippen molar-refractivity contribution in [1.82, 2.24) is 9.55 Å². The van der Waals surface area contributed by atoms with Gasteiger partial charge in [-0.2, -0.15) is 0 Å². The molecule has 0 atom stereocenters. The van der Waals surface area contributed by atoms with Gasteiger partial charge in [0.05, 0.1) is 25.6 Å². The Hall–Kier alpha value is -4.19.